The number of hydrogen-bond acceptors (Lipinski definition) is 4. The third kappa shape index (κ3) is 4.89. The Morgan fingerprint density at radius 2 is 2.24 bits per heavy atom. The first-order valence-corrected chi connectivity index (χ1v) is 6.07. The van der Waals surface area contributed by atoms with Crippen LogP contribution >= 0.6 is 0 Å². The molecule has 4 heteroatoms. The van der Waals surface area contributed by atoms with Crippen LogP contribution < -0.4 is 5.32 Å². The van der Waals surface area contributed by atoms with E-state index < -0.39 is 0 Å². The molecule has 1 aromatic rings. The third-order valence-electron chi connectivity index (χ3n) is 2.91. The summed E-state index contributed by atoms with van der Waals surface area (Å²) in [7, 11) is 5.86. The first-order valence-electron chi connectivity index (χ1n) is 6.07. The van der Waals surface area contributed by atoms with Crippen molar-refractivity contribution in [1.29, 1.82) is 0 Å². The molecule has 1 heterocycles. The van der Waals surface area contributed by atoms with E-state index in [0.717, 1.165) is 25.3 Å². The molecule has 98 valence electrons. The lowest BCUT2D eigenvalue weighted by molar-refractivity contribution is 0.180. The summed E-state index contributed by atoms with van der Waals surface area (Å²) in [6.45, 7) is 3.85. The lowest BCUT2D eigenvalue weighted by Gasteiger charge is -2.24. The zero-order valence-corrected chi connectivity index (χ0v) is 11.3. The van der Waals surface area contributed by atoms with Gasteiger partial charge in [-0.1, -0.05) is 0 Å². The number of rotatable bonds is 8. The largest absolute Gasteiger partial charge is 0.468 e. The lowest BCUT2D eigenvalue weighted by Crippen LogP contribution is -2.36. The number of methoxy groups -OCH3 is 1. The fourth-order valence-electron chi connectivity index (χ4n) is 1.73. The van der Waals surface area contributed by atoms with Crippen LogP contribution in [0.2, 0.25) is 0 Å². The Labute approximate surface area is 104 Å². The van der Waals surface area contributed by atoms with Crippen LogP contribution in [-0.4, -0.2) is 45.3 Å². The molecule has 2 atom stereocenters. The Hall–Kier alpha value is -0.840. The molecule has 0 aromatic carbocycles. The number of likely N-dealkylation sites (N-methyl/N-ethyl adjacent to an activating group) is 1. The molecular weight excluding hydrogens is 216 g/mol. The van der Waals surface area contributed by atoms with Crippen LogP contribution in [0.5, 0.6) is 0 Å². The van der Waals surface area contributed by atoms with Crippen LogP contribution in [0, 0.1) is 0 Å². The molecule has 0 amide bonds. The summed E-state index contributed by atoms with van der Waals surface area (Å²) < 4.78 is 10.5. The summed E-state index contributed by atoms with van der Waals surface area (Å²) in [5.74, 6) is 1.00. The van der Waals surface area contributed by atoms with Crippen LogP contribution in [0.4, 0.5) is 0 Å². The second-order valence-electron chi connectivity index (χ2n) is 4.59. The van der Waals surface area contributed by atoms with Crippen molar-refractivity contribution in [3.63, 3.8) is 0 Å². The highest BCUT2D eigenvalue weighted by Gasteiger charge is 2.17. The minimum absolute atomic E-state index is 0.273. The van der Waals surface area contributed by atoms with Crippen molar-refractivity contribution in [3.8, 4) is 0 Å². The van der Waals surface area contributed by atoms with Crippen LogP contribution in [0.1, 0.15) is 25.1 Å². The minimum atomic E-state index is 0.273. The predicted octanol–water partition coefficient (Wildman–Crippen LogP) is 1.90. The smallest absolute Gasteiger partial charge is 0.122 e. The second kappa shape index (κ2) is 7.48. The van der Waals surface area contributed by atoms with E-state index >= 15 is 0 Å². The molecule has 1 N–H and O–H groups in total. The van der Waals surface area contributed by atoms with Gasteiger partial charge in [-0.3, -0.25) is 4.90 Å². The van der Waals surface area contributed by atoms with E-state index in [1.807, 2.05) is 12.1 Å². The highest BCUT2D eigenvalue weighted by Crippen LogP contribution is 2.17. The van der Waals surface area contributed by atoms with Gasteiger partial charge in [0, 0.05) is 26.3 Å². The van der Waals surface area contributed by atoms with Crippen molar-refractivity contribution in [2.75, 3.05) is 34.4 Å². The predicted molar refractivity (Wildman–Crippen MR) is 69.1 cm³/mol. The second-order valence-corrected chi connectivity index (χ2v) is 4.59. The third-order valence-corrected chi connectivity index (χ3v) is 2.91. The molecular formula is C13H24N2O2. The molecule has 4 nitrogen and oxygen atoms in total. The number of furan rings is 1. The van der Waals surface area contributed by atoms with Gasteiger partial charge in [0.2, 0.25) is 0 Å². The Morgan fingerprint density at radius 3 is 2.76 bits per heavy atom. The molecule has 2 unspecified atom stereocenters. The maximum Gasteiger partial charge on any atom is 0.122 e. The maximum absolute atomic E-state index is 5.46. The summed E-state index contributed by atoms with van der Waals surface area (Å²) >= 11 is 0. The zero-order chi connectivity index (χ0) is 12.7. The summed E-state index contributed by atoms with van der Waals surface area (Å²) in [6.07, 6.45) is 2.75. The van der Waals surface area contributed by atoms with E-state index in [4.69, 9.17) is 9.15 Å². The maximum atomic E-state index is 5.46. The summed E-state index contributed by atoms with van der Waals surface area (Å²) in [5, 5.41) is 3.51. The molecule has 0 bridgehead atoms. The Balaban J connectivity index is 2.40. The standard InChI is InChI=1S/C13H24N2O2/c1-11(7-9-16-4)14-10-12(15(2)3)13-6-5-8-17-13/h5-6,8,11-12,14H,7,9-10H2,1-4H3. The van der Waals surface area contributed by atoms with Crippen LogP contribution in [-0.2, 0) is 4.74 Å². The van der Waals surface area contributed by atoms with Gasteiger partial charge in [-0.2, -0.15) is 0 Å². The van der Waals surface area contributed by atoms with Gasteiger partial charge < -0.3 is 14.5 Å². The first-order chi connectivity index (χ1) is 8.15. The summed E-state index contributed by atoms with van der Waals surface area (Å²) in [6, 6.07) is 4.68. The number of ether oxygens (including phenoxy) is 1. The minimum Gasteiger partial charge on any atom is -0.468 e. The van der Waals surface area contributed by atoms with E-state index in [1.165, 1.54) is 0 Å². The topological polar surface area (TPSA) is 37.6 Å². The van der Waals surface area contributed by atoms with Crippen molar-refractivity contribution in [1.82, 2.24) is 10.2 Å². The monoisotopic (exact) mass is 240 g/mol. The van der Waals surface area contributed by atoms with Gasteiger partial charge in [0.25, 0.3) is 0 Å². The highest BCUT2D eigenvalue weighted by atomic mass is 16.5. The summed E-state index contributed by atoms with van der Waals surface area (Å²) in [5.41, 5.74) is 0. The van der Waals surface area contributed by atoms with Crippen LogP contribution in [0.3, 0.4) is 0 Å². The molecule has 0 fully saturated rings. The van der Waals surface area contributed by atoms with Crippen molar-refractivity contribution < 1.29 is 9.15 Å². The van der Waals surface area contributed by atoms with Gasteiger partial charge in [-0.15, -0.1) is 0 Å². The lowest BCUT2D eigenvalue weighted by atomic mass is 10.1. The van der Waals surface area contributed by atoms with Gasteiger partial charge in [-0.05, 0) is 39.6 Å². The quantitative estimate of drug-likeness (QED) is 0.753. The Morgan fingerprint density at radius 1 is 1.47 bits per heavy atom. The molecule has 0 saturated carbocycles. The Kier molecular flexibility index (Phi) is 6.26. The first kappa shape index (κ1) is 14.2. The van der Waals surface area contributed by atoms with Crippen molar-refractivity contribution in [2.45, 2.75) is 25.4 Å². The fraction of sp³-hybridized carbons (Fsp3) is 0.692. The van der Waals surface area contributed by atoms with E-state index in [-0.39, 0.29) is 6.04 Å². The normalized spacial score (nSPS) is 15.1. The van der Waals surface area contributed by atoms with Crippen molar-refractivity contribution >= 4 is 0 Å². The zero-order valence-electron chi connectivity index (χ0n) is 11.3. The van der Waals surface area contributed by atoms with E-state index in [2.05, 4.69) is 31.2 Å². The van der Waals surface area contributed by atoms with Crippen molar-refractivity contribution in [2.24, 2.45) is 0 Å². The van der Waals surface area contributed by atoms with E-state index in [1.54, 1.807) is 13.4 Å². The number of hydrogen-bond donors (Lipinski definition) is 1. The van der Waals surface area contributed by atoms with Crippen LogP contribution in [0.25, 0.3) is 0 Å². The fourth-order valence-corrected chi connectivity index (χ4v) is 1.73. The van der Waals surface area contributed by atoms with Gasteiger partial charge >= 0.3 is 0 Å². The molecule has 0 spiro atoms. The molecule has 0 aliphatic heterocycles. The molecule has 0 aliphatic rings. The average molecular weight is 240 g/mol. The molecule has 0 radical (unpaired) electrons. The molecule has 0 saturated heterocycles. The molecule has 1 aromatic heterocycles. The SMILES string of the molecule is COCCC(C)NCC(c1ccco1)N(C)C. The van der Waals surface area contributed by atoms with Gasteiger partial charge in [-0.25, -0.2) is 0 Å². The van der Waals surface area contributed by atoms with E-state index in [9.17, 15) is 0 Å². The number of nitrogens with one attached hydrogen (secondary N) is 1. The average Bonchev–Trinajstić information content (AvgIpc) is 2.79. The van der Waals surface area contributed by atoms with Gasteiger partial charge in [0.1, 0.15) is 5.76 Å². The van der Waals surface area contributed by atoms with E-state index in [0.29, 0.717) is 6.04 Å². The number of nitrogens with zero attached hydrogens (tertiary/aromatic N) is 1. The van der Waals surface area contributed by atoms with Gasteiger partial charge in [0.05, 0.1) is 12.3 Å². The van der Waals surface area contributed by atoms with Crippen molar-refractivity contribution in [3.05, 3.63) is 24.2 Å². The Bertz CT molecular complexity index is 286. The molecule has 1 rings (SSSR count). The summed E-state index contributed by atoms with van der Waals surface area (Å²) in [4.78, 5) is 2.16. The highest BCUT2D eigenvalue weighted by molar-refractivity contribution is 5.05. The molecule has 17 heavy (non-hydrogen) atoms. The van der Waals surface area contributed by atoms with Gasteiger partial charge in [0.15, 0.2) is 0 Å². The van der Waals surface area contributed by atoms with Crippen LogP contribution in [0.15, 0.2) is 22.8 Å². The molecule has 0 aliphatic carbocycles.